The van der Waals surface area contributed by atoms with E-state index >= 15 is 0 Å². The number of hydrogen-bond acceptors (Lipinski definition) is 6. The maximum absolute atomic E-state index is 12.3. The Morgan fingerprint density at radius 1 is 0.848 bits per heavy atom. The molecule has 3 aromatic carbocycles. The number of carbonyl (C=O) groups is 3. The van der Waals surface area contributed by atoms with Crippen LogP contribution in [0.2, 0.25) is 0 Å². The van der Waals surface area contributed by atoms with Gasteiger partial charge in [-0.25, -0.2) is 0 Å². The molecule has 0 saturated carbocycles. The Kier molecular flexibility index (Phi) is 7.69. The molecule has 9 nitrogen and oxygen atoms in total. The highest BCUT2D eigenvalue weighted by molar-refractivity contribution is 5.97. The van der Waals surface area contributed by atoms with Crippen LogP contribution in [0, 0.1) is 0 Å². The number of rotatable bonds is 8. The summed E-state index contributed by atoms with van der Waals surface area (Å²) in [6.45, 7) is 1.23. The van der Waals surface area contributed by atoms with E-state index in [9.17, 15) is 14.4 Å². The molecule has 0 heterocycles. The number of nitrogens with one attached hydrogen (secondary N) is 3. The van der Waals surface area contributed by atoms with Crippen molar-refractivity contribution in [1.82, 2.24) is 16.2 Å². The summed E-state index contributed by atoms with van der Waals surface area (Å²) < 4.78 is 15.9. The lowest BCUT2D eigenvalue weighted by molar-refractivity contribution is -0.132. The van der Waals surface area contributed by atoms with Gasteiger partial charge in [0.05, 0.1) is 20.8 Å². The molecule has 0 unspecified atom stereocenters. The molecule has 3 N–H and O–H groups in total. The molecule has 33 heavy (non-hydrogen) atoms. The standard InChI is InChI=1S/C24H25N3O6/c1-15(33-19-10-8-16-6-4-5-7-17(16)12-19)23(29)27-26-22(28)14-25-24(30)18-9-11-20(31-2)21(13-18)32-3/h4-13,15H,14H2,1-3H3,(H,25,30)(H,26,28)(H,27,29)/t15-/m1/s1. The fourth-order valence-electron chi connectivity index (χ4n) is 3.02. The van der Waals surface area contributed by atoms with Crippen molar-refractivity contribution in [2.45, 2.75) is 13.0 Å². The lowest BCUT2D eigenvalue weighted by atomic mass is 10.1. The zero-order valence-electron chi connectivity index (χ0n) is 18.5. The highest BCUT2D eigenvalue weighted by Crippen LogP contribution is 2.27. The highest BCUT2D eigenvalue weighted by atomic mass is 16.5. The van der Waals surface area contributed by atoms with Crippen molar-refractivity contribution in [3.63, 3.8) is 0 Å². The molecule has 172 valence electrons. The second-order valence-corrected chi connectivity index (χ2v) is 7.06. The van der Waals surface area contributed by atoms with Gasteiger partial charge in [0, 0.05) is 5.56 Å². The van der Waals surface area contributed by atoms with Gasteiger partial charge in [0.25, 0.3) is 17.7 Å². The van der Waals surface area contributed by atoms with Gasteiger partial charge in [-0.1, -0.05) is 30.3 Å². The van der Waals surface area contributed by atoms with Gasteiger partial charge in [0.1, 0.15) is 5.75 Å². The lowest BCUT2D eigenvalue weighted by Crippen LogP contribution is -2.50. The molecule has 3 aromatic rings. The summed E-state index contributed by atoms with van der Waals surface area (Å²) >= 11 is 0. The maximum atomic E-state index is 12.3. The molecule has 3 amide bonds. The minimum absolute atomic E-state index is 0.293. The van der Waals surface area contributed by atoms with Gasteiger partial charge in [0.15, 0.2) is 17.6 Å². The number of benzene rings is 3. The number of hydrazine groups is 1. The monoisotopic (exact) mass is 451 g/mol. The summed E-state index contributed by atoms with van der Waals surface area (Å²) in [6.07, 6.45) is -0.854. The fraction of sp³-hybridized carbons (Fsp3) is 0.208. The van der Waals surface area contributed by atoms with Gasteiger partial charge in [-0.3, -0.25) is 25.2 Å². The number of amides is 3. The van der Waals surface area contributed by atoms with E-state index in [2.05, 4.69) is 16.2 Å². The molecular formula is C24H25N3O6. The van der Waals surface area contributed by atoms with E-state index < -0.39 is 23.8 Å². The van der Waals surface area contributed by atoms with E-state index in [1.807, 2.05) is 36.4 Å². The molecule has 0 bridgehead atoms. The quantitative estimate of drug-likeness (QED) is 0.453. The van der Waals surface area contributed by atoms with Crippen LogP contribution in [0.25, 0.3) is 10.8 Å². The van der Waals surface area contributed by atoms with Gasteiger partial charge in [0.2, 0.25) is 0 Å². The second-order valence-electron chi connectivity index (χ2n) is 7.06. The first kappa shape index (κ1) is 23.4. The Hall–Kier alpha value is -4.27. The van der Waals surface area contributed by atoms with Crippen LogP contribution in [-0.2, 0) is 9.59 Å². The third-order valence-electron chi connectivity index (χ3n) is 4.78. The van der Waals surface area contributed by atoms with Crippen LogP contribution in [0.4, 0.5) is 0 Å². The van der Waals surface area contributed by atoms with Crippen LogP contribution >= 0.6 is 0 Å². The zero-order valence-corrected chi connectivity index (χ0v) is 18.5. The summed E-state index contributed by atoms with van der Waals surface area (Å²) in [6, 6.07) is 17.9. The first-order chi connectivity index (χ1) is 15.9. The SMILES string of the molecule is COc1ccc(C(=O)NCC(=O)NNC(=O)[C@@H](C)Oc2ccc3ccccc3c2)cc1OC. The Balaban J connectivity index is 1.45. The van der Waals surface area contributed by atoms with Gasteiger partial charge >= 0.3 is 0 Å². The van der Waals surface area contributed by atoms with Crippen LogP contribution in [0.5, 0.6) is 17.2 Å². The zero-order chi connectivity index (χ0) is 23.8. The average Bonchev–Trinajstić information content (AvgIpc) is 2.85. The predicted octanol–water partition coefficient (Wildman–Crippen LogP) is 2.20. The second kappa shape index (κ2) is 10.9. The van der Waals surface area contributed by atoms with Gasteiger partial charge < -0.3 is 19.5 Å². The topological polar surface area (TPSA) is 115 Å². The number of fused-ring (bicyclic) bond motifs is 1. The van der Waals surface area contributed by atoms with Crippen LogP contribution in [0.15, 0.2) is 60.7 Å². The van der Waals surface area contributed by atoms with Crippen molar-refractivity contribution in [2.24, 2.45) is 0 Å². The molecule has 0 radical (unpaired) electrons. The van der Waals surface area contributed by atoms with E-state index in [-0.39, 0.29) is 6.54 Å². The summed E-state index contributed by atoms with van der Waals surface area (Å²) in [5.41, 5.74) is 4.83. The Labute approximate surface area is 191 Å². The molecule has 0 saturated heterocycles. The van der Waals surface area contributed by atoms with E-state index in [0.29, 0.717) is 22.8 Å². The first-order valence-corrected chi connectivity index (χ1v) is 10.2. The summed E-state index contributed by atoms with van der Waals surface area (Å²) in [7, 11) is 2.95. The van der Waals surface area contributed by atoms with E-state index in [1.54, 1.807) is 25.1 Å². The molecule has 0 aliphatic carbocycles. The largest absolute Gasteiger partial charge is 0.493 e. The normalized spacial score (nSPS) is 11.2. The van der Waals surface area contributed by atoms with Crippen LogP contribution in [0.3, 0.4) is 0 Å². The van der Waals surface area contributed by atoms with E-state index in [1.165, 1.54) is 20.3 Å². The van der Waals surface area contributed by atoms with Crippen molar-refractivity contribution in [1.29, 1.82) is 0 Å². The van der Waals surface area contributed by atoms with E-state index in [4.69, 9.17) is 14.2 Å². The molecule has 1 atom stereocenters. The summed E-state index contributed by atoms with van der Waals surface area (Å²) in [5.74, 6) is -0.218. The number of hydrogen-bond donors (Lipinski definition) is 3. The third kappa shape index (κ3) is 6.13. The molecule has 0 aliphatic rings. The van der Waals surface area contributed by atoms with Crippen molar-refractivity contribution < 1.29 is 28.6 Å². The Morgan fingerprint density at radius 2 is 1.58 bits per heavy atom. The van der Waals surface area contributed by atoms with Crippen molar-refractivity contribution in [3.05, 3.63) is 66.2 Å². The Bertz CT molecular complexity index is 1160. The maximum Gasteiger partial charge on any atom is 0.279 e. The molecule has 0 spiro atoms. The van der Waals surface area contributed by atoms with Crippen LogP contribution in [-0.4, -0.2) is 44.6 Å². The lowest BCUT2D eigenvalue weighted by Gasteiger charge is -2.16. The Morgan fingerprint density at radius 3 is 2.30 bits per heavy atom. The molecule has 0 aromatic heterocycles. The first-order valence-electron chi connectivity index (χ1n) is 10.2. The fourth-order valence-corrected chi connectivity index (χ4v) is 3.02. The molecule has 3 rings (SSSR count). The van der Waals surface area contributed by atoms with Crippen molar-refractivity contribution in [2.75, 3.05) is 20.8 Å². The van der Waals surface area contributed by atoms with Gasteiger partial charge in [-0.05, 0) is 48.0 Å². The number of ether oxygens (including phenoxy) is 3. The number of methoxy groups -OCH3 is 2. The predicted molar refractivity (Wildman–Crippen MR) is 122 cm³/mol. The molecule has 0 fully saturated rings. The van der Waals surface area contributed by atoms with E-state index in [0.717, 1.165) is 10.8 Å². The summed E-state index contributed by atoms with van der Waals surface area (Å²) in [5, 5.41) is 4.51. The minimum atomic E-state index is -0.854. The minimum Gasteiger partial charge on any atom is -0.493 e. The molecular weight excluding hydrogens is 426 g/mol. The third-order valence-corrected chi connectivity index (χ3v) is 4.78. The molecule has 0 aliphatic heterocycles. The van der Waals surface area contributed by atoms with Gasteiger partial charge in [-0.15, -0.1) is 0 Å². The summed E-state index contributed by atoms with van der Waals surface area (Å²) in [4.78, 5) is 36.5. The van der Waals surface area contributed by atoms with Crippen LogP contribution in [0.1, 0.15) is 17.3 Å². The molecule has 9 heteroatoms. The van der Waals surface area contributed by atoms with Crippen LogP contribution < -0.4 is 30.4 Å². The van der Waals surface area contributed by atoms with Crippen molar-refractivity contribution >= 4 is 28.5 Å². The highest BCUT2D eigenvalue weighted by Gasteiger charge is 2.16. The average molecular weight is 451 g/mol. The smallest absolute Gasteiger partial charge is 0.279 e. The van der Waals surface area contributed by atoms with Gasteiger partial charge in [-0.2, -0.15) is 0 Å². The van der Waals surface area contributed by atoms with Crippen molar-refractivity contribution in [3.8, 4) is 17.2 Å². The number of carbonyl (C=O) groups excluding carboxylic acids is 3.